The molecule has 0 amide bonds. The first-order valence-electron chi connectivity index (χ1n) is 7.67. The molecule has 0 atom stereocenters. The third kappa shape index (κ3) is 3.83. The van der Waals surface area contributed by atoms with Crippen molar-refractivity contribution in [3.05, 3.63) is 35.9 Å². The summed E-state index contributed by atoms with van der Waals surface area (Å²) in [6.45, 7) is 3.03. The highest BCUT2D eigenvalue weighted by Crippen LogP contribution is 2.39. The average Bonchev–Trinajstić information content (AvgIpc) is 2.46. The minimum atomic E-state index is -0.688. The Bertz CT molecular complexity index is 422. The number of hydrogen-bond acceptors (Lipinski definition) is 2. The molecule has 1 aliphatic carbocycles. The summed E-state index contributed by atoms with van der Waals surface area (Å²) in [6, 6.07) is 10.6. The van der Waals surface area contributed by atoms with Gasteiger partial charge in [-0.3, -0.25) is 4.79 Å². The van der Waals surface area contributed by atoms with E-state index in [4.69, 9.17) is 0 Å². The van der Waals surface area contributed by atoms with Gasteiger partial charge >= 0.3 is 5.97 Å². The predicted octanol–water partition coefficient (Wildman–Crippen LogP) is 3.56. The summed E-state index contributed by atoms with van der Waals surface area (Å²) in [5.41, 5.74) is 1.21. The van der Waals surface area contributed by atoms with Crippen LogP contribution in [0, 0.1) is 0 Å². The molecule has 0 radical (unpaired) electrons. The van der Waals surface area contributed by atoms with Crippen molar-refractivity contribution >= 4 is 5.97 Å². The van der Waals surface area contributed by atoms with E-state index in [9.17, 15) is 9.90 Å². The molecule has 0 saturated heterocycles. The summed E-state index contributed by atoms with van der Waals surface area (Å²) < 4.78 is 0. The summed E-state index contributed by atoms with van der Waals surface area (Å²) >= 11 is 0. The number of rotatable bonds is 6. The summed E-state index contributed by atoms with van der Waals surface area (Å²) in [5.74, 6) is -0.103. The minimum Gasteiger partial charge on any atom is -0.481 e. The molecule has 1 aromatic rings. The lowest BCUT2D eigenvalue weighted by molar-refractivity contribution is -0.139. The molecular weight excluding hydrogens is 250 g/mol. The van der Waals surface area contributed by atoms with Gasteiger partial charge in [0.25, 0.3) is 0 Å². The van der Waals surface area contributed by atoms with Crippen LogP contribution in [0.25, 0.3) is 0 Å². The van der Waals surface area contributed by atoms with Crippen molar-refractivity contribution in [2.45, 2.75) is 56.9 Å². The second kappa shape index (κ2) is 6.89. The fourth-order valence-electron chi connectivity index (χ4n) is 3.32. The van der Waals surface area contributed by atoms with Gasteiger partial charge in [-0.15, -0.1) is 0 Å². The normalized spacial score (nSPS) is 26.4. The SMILES string of the molecule is CCCNC1(CC(=O)O)CCC(c2ccccc2)CC1. The number of aliphatic carboxylic acids is 1. The lowest BCUT2D eigenvalue weighted by atomic mass is 9.72. The van der Waals surface area contributed by atoms with E-state index in [0.717, 1.165) is 38.6 Å². The Kier molecular flexibility index (Phi) is 5.18. The molecule has 0 spiro atoms. The summed E-state index contributed by atoms with van der Waals surface area (Å²) in [5, 5.41) is 12.7. The Labute approximate surface area is 121 Å². The van der Waals surface area contributed by atoms with Gasteiger partial charge in [0.1, 0.15) is 0 Å². The van der Waals surface area contributed by atoms with Crippen LogP contribution in [0.15, 0.2) is 30.3 Å². The van der Waals surface area contributed by atoms with Crippen molar-refractivity contribution in [2.75, 3.05) is 6.54 Å². The molecule has 0 aromatic heterocycles. The summed E-state index contributed by atoms with van der Waals surface area (Å²) in [6.07, 6.45) is 5.36. The molecule has 1 fully saturated rings. The number of carboxylic acids is 1. The minimum absolute atomic E-state index is 0.187. The Morgan fingerprint density at radius 2 is 1.95 bits per heavy atom. The van der Waals surface area contributed by atoms with Crippen molar-refractivity contribution in [2.24, 2.45) is 0 Å². The zero-order chi connectivity index (χ0) is 14.4. The van der Waals surface area contributed by atoms with Gasteiger partial charge in [-0.2, -0.15) is 0 Å². The average molecular weight is 275 g/mol. The zero-order valence-corrected chi connectivity index (χ0v) is 12.3. The zero-order valence-electron chi connectivity index (χ0n) is 12.3. The van der Waals surface area contributed by atoms with Gasteiger partial charge in [0, 0.05) is 5.54 Å². The molecule has 2 rings (SSSR count). The molecule has 0 heterocycles. The Morgan fingerprint density at radius 1 is 1.30 bits per heavy atom. The van der Waals surface area contributed by atoms with E-state index in [1.807, 2.05) is 6.07 Å². The van der Waals surface area contributed by atoms with Gasteiger partial charge in [-0.05, 0) is 50.1 Å². The molecule has 2 N–H and O–H groups in total. The fraction of sp³-hybridized carbons (Fsp3) is 0.588. The molecule has 20 heavy (non-hydrogen) atoms. The highest BCUT2D eigenvalue weighted by atomic mass is 16.4. The quantitative estimate of drug-likeness (QED) is 0.834. The largest absolute Gasteiger partial charge is 0.481 e. The molecule has 1 saturated carbocycles. The van der Waals surface area contributed by atoms with Crippen molar-refractivity contribution in [3.8, 4) is 0 Å². The van der Waals surface area contributed by atoms with Crippen LogP contribution >= 0.6 is 0 Å². The van der Waals surface area contributed by atoms with E-state index in [0.29, 0.717) is 5.92 Å². The summed E-state index contributed by atoms with van der Waals surface area (Å²) in [4.78, 5) is 11.1. The van der Waals surface area contributed by atoms with Crippen molar-refractivity contribution in [1.29, 1.82) is 0 Å². The highest BCUT2D eigenvalue weighted by molar-refractivity contribution is 5.68. The maximum atomic E-state index is 11.1. The van der Waals surface area contributed by atoms with E-state index >= 15 is 0 Å². The van der Waals surface area contributed by atoms with E-state index < -0.39 is 5.97 Å². The molecule has 0 unspecified atom stereocenters. The topological polar surface area (TPSA) is 49.3 Å². The van der Waals surface area contributed by atoms with Crippen LogP contribution in [0.5, 0.6) is 0 Å². The molecule has 0 aliphatic heterocycles. The van der Waals surface area contributed by atoms with E-state index in [-0.39, 0.29) is 12.0 Å². The molecule has 1 aromatic carbocycles. The first kappa shape index (κ1) is 15.0. The van der Waals surface area contributed by atoms with Crippen molar-refractivity contribution < 1.29 is 9.90 Å². The number of carbonyl (C=O) groups is 1. The molecule has 110 valence electrons. The third-order valence-electron chi connectivity index (χ3n) is 4.45. The van der Waals surface area contributed by atoms with Gasteiger partial charge in [-0.25, -0.2) is 0 Å². The van der Waals surface area contributed by atoms with Crippen LogP contribution < -0.4 is 5.32 Å². The lowest BCUT2D eigenvalue weighted by Gasteiger charge is -2.40. The van der Waals surface area contributed by atoms with Gasteiger partial charge in [0.2, 0.25) is 0 Å². The monoisotopic (exact) mass is 275 g/mol. The van der Waals surface area contributed by atoms with E-state index in [1.54, 1.807) is 0 Å². The first-order valence-corrected chi connectivity index (χ1v) is 7.67. The van der Waals surface area contributed by atoms with Crippen molar-refractivity contribution in [3.63, 3.8) is 0 Å². The van der Waals surface area contributed by atoms with Crippen molar-refractivity contribution in [1.82, 2.24) is 5.32 Å². The van der Waals surface area contributed by atoms with Gasteiger partial charge in [-0.1, -0.05) is 37.3 Å². The Balaban J connectivity index is 2.00. The standard InChI is InChI=1S/C17H25NO2/c1-2-12-18-17(13-16(19)20)10-8-15(9-11-17)14-6-4-3-5-7-14/h3-7,15,18H,2,8-13H2,1H3,(H,19,20). The Hall–Kier alpha value is -1.35. The van der Waals surface area contributed by atoms with Crippen LogP contribution in [0.3, 0.4) is 0 Å². The molecule has 1 aliphatic rings. The van der Waals surface area contributed by atoms with Gasteiger partial charge in [0.05, 0.1) is 6.42 Å². The van der Waals surface area contributed by atoms with Crippen LogP contribution in [-0.2, 0) is 4.79 Å². The lowest BCUT2D eigenvalue weighted by Crippen LogP contribution is -2.49. The van der Waals surface area contributed by atoms with Crippen LogP contribution in [0.1, 0.15) is 56.9 Å². The maximum absolute atomic E-state index is 11.1. The second-order valence-corrected chi connectivity index (χ2v) is 5.96. The smallest absolute Gasteiger partial charge is 0.305 e. The molecule has 3 nitrogen and oxygen atoms in total. The van der Waals surface area contributed by atoms with Gasteiger partial charge in [0.15, 0.2) is 0 Å². The van der Waals surface area contributed by atoms with Crippen LogP contribution in [0.4, 0.5) is 0 Å². The number of hydrogen-bond donors (Lipinski definition) is 2. The number of carboxylic acid groups (broad SMARTS) is 1. The fourth-order valence-corrected chi connectivity index (χ4v) is 3.32. The number of nitrogens with one attached hydrogen (secondary N) is 1. The number of benzene rings is 1. The van der Waals surface area contributed by atoms with Crippen LogP contribution in [-0.4, -0.2) is 23.2 Å². The maximum Gasteiger partial charge on any atom is 0.305 e. The first-order chi connectivity index (χ1) is 9.65. The highest BCUT2D eigenvalue weighted by Gasteiger charge is 2.36. The molecule has 3 heteroatoms. The summed E-state index contributed by atoms with van der Waals surface area (Å²) in [7, 11) is 0. The Morgan fingerprint density at radius 3 is 2.50 bits per heavy atom. The van der Waals surface area contributed by atoms with Crippen LogP contribution in [0.2, 0.25) is 0 Å². The second-order valence-electron chi connectivity index (χ2n) is 5.96. The van der Waals surface area contributed by atoms with E-state index in [2.05, 4.69) is 36.5 Å². The molecular formula is C17H25NO2. The molecule has 0 bridgehead atoms. The predicted molar refractivity (Wildman–Crippen MR) is 80.9 cm³/mol. The van der Waals surface area contributed by atoms with E-state index in [1.165, 1.54) is 5.56 Å². The third-order valence-corrected chi connectivity index (χ3v) is 4.45. The van der Waals surface area contributed by atoms with Gasteiger partial charge < -0.3 is 10.4 Å².